The maximum atomic E-state index is 11.2. The molecule has 6 rings (SSSR count). The standard InChI is InChI=1S/C40H46O3S4/c1-28(32-10-18-36(19-11-32)46-26-39(4)22-42-39)30-6-14-34(15-7-30)44-24-38(3,41)25-45-35-16-8-31(9-17-35)29(2)33-12-20-37(21-13-33)47-27-40(5)23-43-40/h6-21,28-29,41H,22-27H2,1-5H3. The average Bonchev–Trinajstić information content (AvgIpc) is 4.03. The van der Waals surface area contributed by atoms with E-state index in [1.54, 1.807) is 23.5 Å². The van der Waals surface area contributed by atoms with E-state index in [0.717, 1.165) is 24.7 Å². The van der Waals surface area contributed by atoms with Crippen molar-refractivity contribution in [3.63, 3.8) is 0 Å². The van der Waals surface area contributed by atoms with Crippen molar-refractivity contribution in [2.75, 3.05) is 36.2 Å². The highest BCUT2D eigenvalue weighted by Crippen LogP contribution is 2.36. The minimum atomic E-state index is -0.779. The SMILES string of the molecule is CC(c1ccc(SCC(C)(O)CSc2ccc(C(C)c3ccc(SCC4(C)CO4)cc3)cc2)cc1)c1ccc(SCC2(C)CO2)cc1. The smallest absolute Gasteiger partial charge is 0.0981 e. The molecule has 0 bridgehead atoms. The molecular weight excluding hydrogens is 657 g/mol. The van der Waals surface area contributed by atoms with Crippen molar-refractivity contribution in [1.29, 1.82) is 0 Å². The number of hydrogen-bond donors (Lipinski definition) is 1. The molecule has 1 N–H and O–H groups in total. The predicted molar refractivity (Wildman–Crippen MR) is 203 cm³/mol. The van der Waals surface area contributed by atoms with Crippen LogP contribution in [0.25, 0.3) is 0 Å². The summed E-state index contributed by atoms with van der Waals surface area (Å²) < 4.78 is 11.0. The van der Waals surface area contributed by atoms with E-state index in [1.807, 2.05) is 30.4 Å². The van der Waals surface area contributed by atoms with Crippen LogP contribution < -0.4 is 0 Å². The van der Waals surface area contributed by atoms with Crippen LogP contribution in [0.2, 0.25) is 0 Å². The minimum Gasteiger partial charge on any atom is -0.388 e. The van der Waals surface area contributed by atoms with Crippen LogP contribution in [0.5, 0.6) is 0 Å². The molecule has 0 spiro atoms. The first kappa shape index (κ1) is 35.0. The van der Waals surface area contributed by atoms with E-state index >= 15 is 0 Å². The summed E-state index contributed by atoms with van der Waals surface area (Å²) in [4.78, 5) is 4.96. The van der Waals surface area contributed by atoms with Crippen LogP contribution in [0.15, 0.2) is 117 Å². The fourth-order valence-corrected chi connectivity index (χ4v) is 9.08. The molecule has 0 saturated carbocycles. The Morgan fingerprint density at radius 1 is 0.553 bits per heavy atom. The van der Waals surface area contributed by atoms with Crippen LogP contribution in [-0.2, 0) is 9.47 Å². The number of aliphatic hydroxyl groups is 1. The highest BCUT2D eigenvalue weighted by molar-refractivity contribution is 8.00. The fourth-order valence-electron chi connectivity index (χ4n) is 5.20. The normalized spacial score (nSPS) is 22.8. The van der Waals surface area contributed by atoms with Crippen molar-refractivity contribution in [3.05, 3.63) is 119 Å². The predicted octanol–water partition coefficient (Wildman–Crippen LogP) is 10.4. The van der Waals surface area contributed by atoms with Gasteiger partial charge in [0.25, 0.3) is 0 Å². The van der Waals surface area contributed by atoms with Gasteiger partial charge in [0.2, 0.25) is 0 Å². The summed E-state index contributed by atoms with van der Waals surface area (Å²) in [5.41, 5.74) is 4.63. The molecule has 47 heavy (non-hydrogen) atoms. The molecule has 0 aromatic heterocycles. The second kappa shape index (κ2) is 15.0. The average molecular weight is 703 g/mol. The van der Waals surface area contributed by atoms with Gasteiger partial charge in [0, 0.05) is 54.4 Å². The minimum absolute atomic E-state index is 0.0759. The summed E-state index contributed by atoms with van der Waals surface area (Å²) in [6.07, 6.45) is 0. The van der Waals surface area contributed by atoms with E-state index in [2.05, 4.69) is 125 Å². The van der Waals surface area contributed by atoms with Crippen LogP contribution in [0, 0.1) is 0 Å². The summed E-state index contributed by atoms with van der Waals surface area (Å²) in [5, 5.41) is 11.2. The Kier molecular flexibility index (Phi) is 11.1. The van der Waals surface area contributed by atoms with Crippen molar-refractivity contribution < 1.29 is 14.6 Å². The summed E-state index contributed by atoms with van der Waals surface area (Å²) in [5.74, 6) is 3.96. The van der Waals surface area contributed by atoms with Gasteiger partial charge in [-0.2, -0.15) is 0 Å². The van der Waals surface area contributed by atoms with E-state index in [4.69, 9.17) is 9.47 Å². The topological polar surface area (TPSA) is 45.3 Å². The molecule has 0 aliphatic carbocycles. The lowest BCUT2D eigenvalue weighted by Crippen LogP contribution is -2.30. The van der Waals surface area contributed by atoms with Crippen LogP contribution in [0.4, 0.5) is 0 Å². The quantitative estimate of drug-likeness (QED) is 0.0921. The van der Waals surface area contributed by atoms with Crippen LogP contribution >= 0.6 is 47.0 Å². The molecule has 0 amide bonds. The lowest BCUT2D eigenvalue weighted by molar-refractivity contribution is 0.112. The molecule has 4 unspecified atom stereocenters. The number of ether oxygens (including phenoxy) is 2. The first-order valence-corrected chi connectivity index (χ1v) is 20.3. The van der Waals surface area contributed by atoms with Gasteiger partial charge in [0.05, 0.1) is 30.0 Å². The molecular formula is C40H46O3S4. The van der Waals surface area contributed by atoms with Gasteiger partial charge in [-0.3, -0.25) is 0 Å². The van der Waals surface area contributed by atoms with Gasteiger partial charge in [0.15, 0.2) is 0 Å². The molecule has 4 aromatic carbocycles. The van der Waals surface area contributed by atoms with Crippen molar-refractivity contribution in [2.45, 2.75) is 82.8 Å². The van der Waals surface area contributed by atoms with Crippen LogP contribution in [-0.4, -0.2) is 58.1 Å². The first-order valence-electron chi connectivity index (χ1n) is 16.4. The summed E-state index contributed by atoms with van der Waals surface area (Å²) in [7, 11) is 0. The third-order valence-electron chi connectivity index (χ3n) is 8.98. The van der Waals surface area contributed by atoms with E-state index in [-0.39, 0.29) is 11.2 Å². The van der Waals surface area contributed by atoms with E-state index in [9.17, 15) is 5.11 Å². The van der Waals surface area contributed by atoms with Crippen LogP contribution in [0.1, 0.15) is 68.7 Å². The zero-order valence-corrected chi connectivity index (χ0v) is 31.3. The number of rotatable bonds is 16. The Bertz CT molecular complexity index is 1470. The van der Waals surface area contributed by atoms with E-state index < -0.39 is 5.60 Å². The Morgan fingerprint density at radius 3 is 1.06 bits per heavy atom. The van der Waals surface area contributed by atoms with Gasteiger partial charge >= 0.3 is 0 Å². The van der Waals surface area contributed by atoms with E-state index in [1.165, 1.54) is 41.8 Å². The van der Waals surface area contributed by atoms with Gasteiger partial charge in [-0.15, -0.1) is 47.0 Å². The monoisotopic (exact) mass is 702 g/mol. The lowest BCUT2D eigenvalue weighted by atomic mass is 9.93. The second-order valence-corrected chi connectivity index (χ2v) is 18.0. The number of hydrogen-bond acceptors (Lipinski definition) is 7. The summed E-state index contributed by atoms with van der Waals surface area (Å²) in [6.45, 7) is 12.6. The van der Waals surface area contributed by atoms with Gasteiger partial charge in [-0.05, 0) is 91.6 Å². The zero-order chi connectivity index (χ0) is 33.1. The molecule has 2 saturated heterocycles. The van der Waals surface area contributed by atoms with Gasteiger partial charge in [-0.1, -0.05) is 62.4 Å². The lowest BCUT2D eigenvalue weighted by Gasteiger charge is -2.23. The van der Waals surface area contributed by atoms with Crippen LogP contribution in [0.3, 0.4) is 0 Å². The van der Waals surface area contributed by atoms with Crippen molar-refractivity contribution >= 4 is 47.0 Å². The highest BCUT2D eigenvalue weighted by atomic mass is 32.2. The van der Waals surface area contributed by atoms with Gasteiger partial charge in [-0.25, -0.2) is 0 Å². The Hall–Kier alpha value is -1.84. The summed E-state index contributed by atoms with van der Waals surface area (Å²) in [6, 6.07) is 35.6. The molecule has 3 nitrogen and oxygen atoms in total. The number of thioether (sulfide) groups is 4. The maximum Gasteiger partial charge on any atom is 0.0981 e. The molecule has 4 aromatic rings. The molecule has 0 radical (unpaired) electrons. The van der Waals surface area contributed by atoms with Crippen molar-refractivity contribution in [2.24, 2.45) is 0 Å². The molecule has 248 valence electrons. The first-order chi connectivity index (χ1) is 22.5. The summed E-state index contributed by atoms with van der Waals surface area (Å²) >= 11 is 7.18. The fraction of sp³-hybridized carbons (Fsp3) is 0.400. The largest absolute Gasteiger partial charge is 0.388 e. The molecule has 7 heteroatoms. The maximum absolute atomic E-state index is 11.2. The number of benzene rings is 4. The molecule has 2 aliphatic rings. The Labute approximate surface area is 298 Å². The second-order valence-electron chi connectivity index (χ2n) is 13.8. The van der Waals surface area contributed by atoms with E-state index in [0.29, 0.717) is 23.3 Å². The third-order valence-corrected chi connectivity index (χ3v) is 14.4. The molecule has 2 aliphatic heterocycles. The zero-order valence-electron chi connectivity index (χ0n) is 28.0. The molecule has 2 heterocycles. The van der Waals surface area contributed by atoms with Crippen molar-refractivity contribution in [3.8, 4) is 0 Å². The van der Waals surface area contributed by atoms with Gasteiger partial charge < -0.3 is 14.6 Å². The molecule has 2 fully saturated rings. The third kappa shape index (κ3) is 10.1. The highest BCUT2D eigenvalue weighted by Gasteiger charge is 2.39. The number of epoxide rings is 2. The molecule has 4 atom stereocenters. The van der Waals surface area contributed by atoms with Crippen molar-refractivity contribution in [1.82, 2.24) is 0 Å². The van der Waals surface area contributed by atoms with Gasteiger partial charge in [0.1, 0.15) is 0 Å². The Morgan fingerprint density at radius 2 is 0.809 bits per heavy atom. The Balaban J connectivity index is 0.939.